The summed E-state index contributed by atoms with van der Waals surface area (Å²) in [6.07, 6.45) is 9.43. The van der Waals surface area contributed by atoms with Gasteiger partial charge in [0, 0.05) is 30.8 Å². The van der Waals surface area contributed by atoms with Crippen LogP contribution in [-0.4, -0.2) is 23.8 Å². The average molecular weight is 305 g/mol. The van der Waals surface area contributed by atoms with E-state index in [1.807, 2.05) is 0 Å². The van der Waals surface area contributed by atoms with Crippen molar-refractivity contribution < 1.29 is 0 Å². The third-order valence-corrected chi connectivity index (χ3v) is 3.59. The highest BCUT2D eigenvalue weighted by Gasteiger charge is 2.10. The van der Waals surface area contributed by atoms with Crippen molar-refractivity contribution in [2.45, 2.75) is 52.4 Å². The van der Waals surface area contributed by atoms with Crippen molar-refractivity contribution in [2.24, 2.45) is 11.7 Å². The molecule has 0 aliphatic carbocycles. The van der Waals surface area contributed by atoms with Crippen LogP contribution >= 0.6 is 15.9 Å². The zero-order valence-electron chi connectivity index (χ0n) is 11.7. The second-order valence-corrected chi connectivity index (χ2v) is 5.57. The van der Waals surface area contributed by atoms with Crippen molar-refractivity contribution >= 4 is 15.9 Å². The van der Waals surface area contributed by atoms with Crippen LogP contribution in [0, 0.1) is 5.92 Å². The summed E-state index contributed by atoms with van der Waals surface area (Å²) in [5.41, 5.74) is 7.28. The van der Waals surface area contributed by atoms with Crippen LogP contribution in [0.15, 0.2) is 11.9 Å². The molecule has 0 saturated carbocycles. The first-order chi connectivity index (χ1) is 8.15. The molecule has 2 nitrogen and oxygen atoms in total. The molecule has 1 atom stereocenters. The highest BCUT2D eigenvalue weighted by atomic mass is 79.9. The van der Waals surface area contributed by atoms with Gasteiger partial charge in [0.05, 0.1) is 0 Å². The van der Waals surface area contributed by atoms with Crippen molar-refractivity contribution in [3.05, 3.63) is 11.9 Å². The number of hydrogen-bond donors (Lipinski definition) is 1. The standard InChI is InChI=1S/C14H29BrN2/c1-4-6-11-17(3)12-14(16)13(8-5-2)9-7-10-15/h12-13H,4-11,16H2,1-3H3/b14-12-. The first-order valence-electron chi connectivity index (χ1n) is 6.89. The van der Waals surface area contributed by atoms with Gasteiger partial charge in [-0.3, -0.25) is 0 Å². The van der Waals surface area contributed by atoms with E-state index in [-0.39, 0.29) is 0 Å². The number of nitrogens with zero attached hydrogens (tertiary/aromatic N) is 1. The van der Waals surface area contributed by atoms with Gasteiger partial charge in [-0.05, 0) is 31.6 Å². The summed E-state index contributed by atoms with van der Waals surface area (Å²) in [5, 5.41) is 1.08. The lowest BCUT2D eigenvalue weighted by Gasteiger charge is -2.20. The van der Waals surface area contributed by atoms with Gasteiger partial charge in [-0.15, -0.1) is 0 Å². The molecule has 1 unspecified atom stereocenters. The molecule has 0 radical (unpaired) electrons. The largest absolute Gasteiger partial charge is 0.401 e. The molecular formula is C14H29BrN2. The Kier molecular flexibility index (Phi) is 10.8. The van der Waals surface area contributed by atoms with E-state index in [4.69, 9.17) is 5.73 Å². The zero-order valence-corrected chi connectivity index (χ0v) is 13.3. The van der Waals surface area contributed by atoms with Gasteiger partial charge in [0.25, 0.3) is 0 Å². The number of hydrogen-bond acceptors (Lipinski definition) is 2. The zero-order chi connectivity index (χ0) is 13.1. The molecule has 0 amide bonds. The third kappa shape index (κ3) is 8.53. The summed E-state index contributed by atoms with van der Waals surface area (Å²) in [6.45, 7) is 5.56. The lowest BCUT2D eigenvalue weighted by atomic mass is 9.95. The van der Waals surface area contributed by atoms with Gasteiger partial charge in [-0.2, -0.15) is 0 Å². The van der Waals surface area contributed by atoms with Crippen LogP contribution in [0.1, 0.15) is 52.4 Å². The molecule has 0 aromatic carbocycles. The fourth-order valence-electron chi connectivity index (χ4n) is 1.98. The summed E-state index contributed by atoms with van der Waals surface area (Å²) in [5.74, 6) is 0.557. The van der Waals surface area contributed by atoms with Gasteiger partial charge < -0.3 is 10.6 Å². The Morgan fingerprint density at radius 3 is 2.47 bits per heavy atom. The molecule has 0 aliphatic heterocycles. The maximum Gasteiger partial charge on any atom is 0.0273 e. The van der Waals surface area contributed by atoms with Gasteiger partial charge in [-0.1, -0.05) is 42.6 Å². The first-order valence-corrected chi connectivity index (χ1v) is 8.01. The smallest absolute Gasteiger partial charge is 0.0273 e. The fraction of sp³-hybridized carbons (Fsp3) is 0.857. The van der Waals surface area contributed by atoms with Gasteiger partial charge in [-0.25, -0.2) is 0 Å². The molecule has 0 heterocycles. The van der Waals surface area contributed by atoms with Crippen molar-refractivity contribution in [1.29, 1.82) is 0 Å². The fourth-order valence-corrected chi connectivity index (χ4v) is 2.31. The Labute approximate surface area is 116 Å². The molecule has 0 fully saturated rings. The molecule has 2 N–H and O–H groups in total. The minimum Gasteiger partial charge on any atom is -0.401 e. The van der Waals surface area contributed by atoms with Crippen LogP contribution < -0.4 is 5.73 Å². The lowest BCUT2D eigenvalue weighted by Crippen LogP contribution is -2.19. The Morgan fingerprint density at radius 2 is 1.94 bits per heavy atom. The van der Waals surface area contributed by atoms with E-state index in [0.717, 1.165) is 17.6 Å². The normalized spacial score (nSPS) is 13.8. The van der Waals surface area contributed by atoms with Crippen molar-refractivity contribution in [1.82, 2.24) is 4.90 Å². The maximum absolute atomic E-state index is 6.22. The predicted octanol–water partition coefficient (Wildman–Crippen LogP) is 4.11. The molecule has 102 valence electrons. The van der Waals surface area contributed by atoms with Crippen molar-refractivity contribution in [2.75, 3.05) is 18.9 Å². The number of halogens is 1. The quantitative estimate of drug-likeness (QED) is 0.615. The Bertz CT molecular complexity index is 204. The highest BCUT2D eigenvalue weighted by molar-refractivity contribution is 9.09. The summed E-state index contributed by atoms with van der Waals surface area (Å²) >= 11 is 3.49. The van der Waals surface area contributed by atoms with E-state index in [1.54, 1.807) is 0 Å². The van der Waals surface area contributed by atoms with Crippen LogP contribution in [0.25, 0.3) is 0 Å². The van der Waals surface area contributed by atoms with E-state index >= 15 is 0 Å². The SMILES string of the molecule is CCCCN(C)/C=C(\N)C(CCC)CCCBr. The Hall–Kier alpha value is -0.180. The molecule has 0 bridgehead atoms. The van der Waals surface area contributed by atoms with E-state index in [1.165, 1.54) is 38.5 Å². The van der Waals surface area contributed by atoms with Gasteiger partial charge in [0.2, 0.25) is 0 Å². The second kappa shape index (κ2) is 10.9. The Morgan fingerprint density at radius 1 is 1.24 bits per heavy atom. The van der Waals surface area contributed by atoms with Crippen molar-refractivity contribution in [3.63, 3.8) is 0 Å². The number of unbranched alkanes of at least 4 members (excludes halogenated alkanes) is 1. The maximum atomic E-state index is 6.22. The van der Waals surface area contributed by atoms with Crippen molar-refractivity contribution in [3.8, 4) is 0 Å². The van der Waals surface area contributed by atoms with Crippen LogP contribution in [0.5, 0.6) is 0 Å². The van der Waals surface area contributed by atoms with E-state index in [2.05, 4.69) is 47.9 Å². The summed E-state index contributed by atoms with van der Waals surface area (Å²) in [6, 6.07) is 0. The molecule has 0 aromatic heterocycles. The first kappa shape index (κ1) is 16.8. The summed E-state index contributed by atoms with van der Waals surface area (Å²) in [4.78, 5) is 2.23. The molecule has 0 rings (SSSR count). The molecule has 3 heteroatoms. The second-order valence-electron chi connectivity index (χ2n) is 4.78. The molecule has 0 aliphatic rings. The minimum absolute atomic E-state index is 0.557. The highest BCUT2D eigenvalue weighted by Crippen LogP contribution is 2.20. The molecule has 17 heavy (non-hydrogen) atoms. The van der Waals surface area contributed by atoms with E-state index in [9.17, 15) is 0 Å². The number of rotatable bonds is 10. The number of allylic oxidation sites excluding steroid dienone is 1. The van der Waals surface area contributed by atoms with Gasteiger partial charge in [0.1, 0.15) is 0 Å². The molecule has 0 saturated heterocycles. The van der Waals surface area contributed by atoms with Gasteiger partial charge >= 0.3 is 0 Å². The van der Waals surface area contributed by atoms with Crippen LogP contribution in [0.3, 0.4) is 0 Å². The topological polar surface area (TPSA) is 29.3 Å². The summed E-state index contributed by atoms with van der Waals surface area (Å²) < 4.78 is 0. The molecular weight excluding hydrogens is 276 g/mol. The van der Waals surface area contributed by atoms with Crippen LogP contribution in [0.4, 0.5) is 0 Å². The monoisotopic (exact) mass is 304 g/mol. The molecule has 0 spiro atoms. The predicted molar refractivity (Wildman–Crippen MR) is 81.2 cm³/mol. The van der Waals surface area contributed by atoms with Crippen LogP contribution in [0.2, 0.25) is 0 Å². The average Bonchev–Trinajstić information content (AvgIpc) is 2.31. The number of nitrogens with two attached hydrogens (primary N) is 1. The Balaban J connectivity index is 4.25. The van der Waals surface area contributed by atoms with E-state index in [0.29, 0.717) is 5.92 Å². The summed E-state index contributed by atoms with van der Waals surface area (Å²) in [7, 11) is 2.12. The molecule has 0 aromatic rings. The third-order valence-electron chi connectivity index (χ3n) is 3.03. The van der Waals surface area contributed by atoms with Crippen LogP contribution in [-0.2, 0) is 0 Å². The van der Waals surface area contributed by atoms with E-state index < -0.39 is 0 Å². The minimum atomic E-state index is 0.557. The number of alkyl halides is 1. The van der Waals surface area contributed by atoms with Gasteiger partial charge in [0.15, 0.2) is 0 Å². The lowest BCUT2D eigenvalue weighted by molar-refractivity contribution is 0.420.